The van der Waals surface area contributed by atoms with E-state index in [4.69, 9.17) is 9.47 Å². The number of esters is 1. The van der Waals surface area contributed by atoms with E-state index in [1.807, 2.05) is 24.0 Å². The zero-order chi connectivity index (χ0) is 16.9. The van der Waals surface area contributed by atoms with Crippen molar-refractivity contribution in [1.82, 2.24) is 14.8 Å². The first-order valence-electron chi connectivity index (χ1n) is 8.15. The lowest BCUT2D eigenvalue weighted by atomic mass is 10.2. The van der Waals surface area contributed by atoms with E-state index in [0.717, 1.165) is 5.56 Å². The van der Waals surface area contributed by atoms with Crippen LogP contribution in [0.2, 0.25) is 0 Å². The van der Waals surface area contributed by atoms with Crippen LogP contribution < -0.4 is 4.90 Å². The van der Waals surface area contributed by atoms with Gasteiger partial charge < -0.3 is 14.4 Å². The minimum Gasteiger partial charge on any atom is -0.462 e. The van der Waals surface area contributed by atoms with Crippen LogP contribution in [-0.2, 0) is 16.0 Å². The Kier molecular flexibility index (Phi) is 5.10. The lowest BCUT2D eigenvalue weighted by Gasteiger charge is -2.34. The summed E-state index contributed by atoms with van der Waals surface area (Å²) in [6.45, 7) is 6.76. The Morgan fingerprint density at radius 2 is 2.38 bits per heavy atom. The number of carbonyl (C=O) groups is 1. The van der Waals surface area contributed by atoms with Crippen molar-refractivity contribution in [2.45, 2.75) is 26.5 Å². The van der Waals surface area contributed by atoms with Gasteiger partial charge in [0.05, 0.1) is 32.1 Å². The molecule has 0 N–H and O–H groups in total. The van der Waals surface area contributed by atoms with Crippen molar-refractivity contribution < 1.29 is 14.3 Å². The number of morpholine rings is 1. The highest BCUT2D eigenvalue weighted by molar-refractivity contribution is 5.94. The predicted molar refractivity (Wildman–Crippen MR) is 89.1 cm³/mol. The summed E-state index contributed by atoms with van der Waals surface area (Å²) in [4.78, 5) is 18.6. The van der Waals surface area contributed by atoms with Crippen LogP contribution >= 0.6 is 0 Å². The largest absolute Gasteiger partial charge is 0.462 e. The van der Waals surface area contributed by atoms with Crippen molar-refractivity contribution in [2.75, 3.05) is 31.2 Å². The normalized spacial score (nSPS) is 17.8. The van der Waals surface area contributed by atoms with Gasteiger partial charge in [0.25, 0.3) is 0 Å². The second kappa shape index (κ2) is 7.44. The van der Waals surface area contributed by atoms with Gasteiger partial charge in [-0.2, -0.15) is 5.10 Å². The molecular weight excluding hydrogens is 308 g/mol. The third-order valence-corrected chi connectivity index (χ3v) is 3.87. The molecule has 7 heteroatoms. The number of hydrogen-bond donors (Lipinski definition) is 0. The molecule has 1 fully saturated rings. The molecule has 1 aliphatic rings. The van der Waals surface area contributed by atoms with Crippen LogP contribution in [0.4, 0.5) is 5.82 Å². The van der Waals surface area contributed by atoms with Crippen LogP contribution in [0.5, 0.6) is 0 Å². The number of pyridine rings is 1. The lowest BCUT2D eigenvalue weighted by molar-refractivity contribution is 0.0269. The zero-order valence-corrected chi connectivity index (χ0v) is 14.0. The van der Waals surface area contributed by atoms with E-state index in [1.54, 1.807) is 25.3 Å². The number of carbonyl (C=O) groups excluding carboxylic acids is 1. The van der Waals surface area contributed by atoms with E-state index in [-0.39, 0.29) is 12.1 Å². The minimum absolute atomic E-state index is 0.00454. The molecule has 0 radical (unpaired) electrons. The Hall–Kier alpha value is -2.41. The molecule has 0 unspecified atom stereocenters. The maximum atomic E-state index is 12.1. The van der Waals surface area contributed by atoms with E-state index in [2.05, 4.69) is 15.0 Å². The average Bonchev–Trinajstić information content (AvgIpc) is 3.00. The van der Waals surface area contributed by atoms with Gasteiger partial charge in [-0.05, 0) is 31.5 Å². The van der Waals surface area contributed by atoms with Gasteiger partial charge in [-0.25, -0.2) is 9.78 Å². The highest BCUT2D eigenvalue weighted by atomic mass is 16.5. The van der Waals surface area contributed by atoms with E-state index in [0.29, 0.717) is 44.2 Å². The Labute approximate surface area is 141 Å². The maximum Gasteiger partial charge on any atom is 0.341 e. The summed E-state index contributed by atoms with van der Waals surface area (Å²) in [6.07, 6.45) is 5.51. The molecule has 3 rings (SSSR count). The highest BCUT2D eigenvalue weighted by Gasteiger charge is 2.25. The van der Waals surface area contributed by atoms with E-state index in [1.165, 1.54) is 0 Å². The molecular formula is C17H22N4O3. The summed E-state index contributed by atoms with van der Waals surface area (Å²) in [5, 5.41) is 4.31. The van der Waals surface area contributed by atoms with Crippen molar-refractivity contribution in [1.29, 1.82) is 0 Å². The van der Waals surface area contributed by atoms with E-state index in [9.17, 15) is 4.79 Å². The first kappa shape index (κ1) is 16.4. The van der Waals surface area contributed by atoms with Gasteiger partial charge in [-0.1, -0.05) is 0 Å². The van der Waals surface area contributed by atoms with Gasteiger partial charge in [0.2, 0.25) is 0 Å². The Balaban J connectivity index is 1.74. The monoisotopic (exact) mass is 330 g/mol. The zero-order valence-electron chi connectivity index (χ0n) is 14.0. The molecule has 0 aliphatic carbocycles. The molecule has 0 bridgehead atoms. The van der Waals surface area contributed by atoms with E-state index < -0.39 is 0 Å². The first-order valence-corrected chi connectivity index (χ1v) is 8.15. The van der Waals surface area contributed by atoms with Crippen molar-refractivity contribution in [3.8, 4) is 0 Å². The Bertz CT molecular complexity index is 701. The third-order valence-electron chi connectivity index (χ3n) is 3.87. The third kappa shape index (κ3) is 3.73. The molecule has 7 nitrogen and oxygen atoms in total. The smallest absolute Gasteiger partial charge is 0.341 e. The van der Waals surface area contributed by atoms with Gasteiger partial charge in [0, 0.05) is 25.5 Å². The van der Waals surface area contributed by atoms with Crippen molar-refractivity contribution >= 4 is 11.8 Å². The highest BCUT2D eigenvalue weighted by Crippen LogP contribution is 2.21. The quantitative estimate of drug-likeness (QED) is 0.777. The van der Waals surface area contributed by atoms with Gasteiger partial charge >= 0.3 is 5.97 Å². The minimum atomic E-state index is -0.341. The summed E-state index contributed by atoms with van der Waals surface area (Å²) in [6, 6.07) is 3.50. The molecule has 0 saturated carbocycles. The topological polar surface area (TPSA) is 69.5 Å². The molecule has 1 atom stereocenters. The maximum absolute atomic E-state index is 12.1. The summed E-state index contributed by atoms with van der Waals surface area (Å²) in [5.74, 6) is 0.312. The van der Waals surface area contributed by atoms with Crippen LogP contribution in [-0.4, -0.2) is 53.1 Å². The van der Waals surface area contributed by atoms with Crippen LogP contribution in [0.1, 0.15) is 22.8 Å². The van der Waals surface area contributed by atoms with Crippen LogP contribution in [0.3, 0.4) is 0 Å². The molecule has 0 amide bonds. The fourth-order valence-corrected chi connectivity index (χ4v) is 2.81. The fourth-order valence-electron chi connectivity index (χ4n) is 2.81. The van der Waals surface area contributed by atoms with Gasteiger partial charge in [0.1, 0.15) is 11.4 Å². The predicted octanol–water partition coefficient (Wildman–Crippen LogP) is 1.67. The fraction of sp³-hybridized carbons (Fsp3) is 0.471. The summed E-state index contributed by atoms with van der Waals surface area (Å²) >= 11 is 0. The molecule has 0 aromatic carbocycles. The second-order valence-corrected chi connectivity index (χ2v) is 5.77. The first-order chi connectivity index (χ1) is 11.7. The number of ether oxygens (including phenoxy) is 2. The number of hydrogen-bond acceptors (Lipinski definition) is 6. The molecule has 3 heterocycles. The SMILES string of the molecule is CCOC(=O)c1cccnc1N1CCO[C@@H](Cn2cc(C)cn2)C1. The van der Waals surface area contributed by atoms with Crippen LogP contribution in [0.25, 0.3) is 0 Å². The van der Waals surface area contributed by atoms with Crippen LogP contribution in [0, 0.1) is 6.92 Å². The average molecular weight is 330 g/mol. The van der Waals surface area contributed by atoms with Crippen molar-refractivity contribution in [3.05, 3.63) is 41.9 Å². The number of nitrogens with zero attached hydrogens (tertiary/aromatic N) is 4. The van der Waals surface area contributed by atoms with Gasteiger partial charge in [-0.3, -0.25) is 4.68 Å². The van der Waals surface area contributed by atoms with E-state index >= 15 is 0 Å². The molecule has 1 saturated heterocycles. The molecule has 1 aliphatic heterocycles. The number of aromatic nitrogens is 3. The summed E-state index contributed by atoms with van der Waals surface area (Å²) in [5.41, 5.74) is 1.62. The van der Waals surface area contributed by atoms with Crippen molar-refractivity contribution in [2.24, 2.45) is 0 Å². The lowest BCUT2D eigenvalue weighted by Crippen LogP contribution is -2.45. The molecule has 2 aromatic rings. The second-order valence-electron chi connectivity index (χ2n) is 5.77. The van der Waals surface area contributed by atoms with Crippen molar-refractivity contribution in [3.63, 3.8) is 0 Å². The number of anilines is 1. The molecule has 2 aromatic heterocycles. The van der Waals surface area contributed by atoms with Gasteiger partial charge in [-0.15, -0.1) is 0 Å². The molecule has 0 spiro atoms. The summed E-state index contributed by atoms with van der Waals surface area (Å²) < 4.78 is 12.9. The Morgan fingerprint density at radius 3 is 3.12 bits per heavy atom. The molecule has 128 valence electrons. The Morgan fingerprint density at radius 1 is 1.50 bits per heavy atom. The van der Waals surface area contributed by atoms with Crippen LogP contribution in [0.15, 0.2) is 30.7 Å². The number of aryl methyl sites for hydroxylation is 1. The van der Waals surface area contributed by atoms with Gasteiger partial charge in [0.15, 0.2) is 0 Å². The standard InChI is InChI=1S/C17H22N4O3/c1-3-23-17(22)15-5-4-6-18-16(15)20-7-8-24-14(11-20)12-21-10-13(2)9-19-21/h4-6,9-10,14H,3,7-8,11-12H2,1-2H3/t14-/m1/s1. The number of rotatable bonds is 5. The molecule has 24 heavy (non-hydrogen) atoms. The summed E-state index contributed by atoms with van der Waals surface area (Å²) in [7, 11) is 0.